The Bertz CT molecular complexity index is 648. The molecule has 1 aliphatic heterocycles. The number of benzene rings is 1. The predicted octanol–water partition coefficient (Wildman–Crippen LogP) is 2.77. The fraction of sp³-hybridized carbons (Fsp3) is 0.500. The van der Waals surface area contributed by atoms with Crippen LogP contribution in [0.5, 0.6) is 5.75 Å². The van der Waals surface area contributed by atoms with E-state index in [4.69, 9.17) is 4.74 Å². The molecule has 1 unspecified atom stereocenters. The van der Waals surface area contributed by atoms with E-state index in [1.807, 2.05) is 38.1 Å². The van der Waals surface area contributed by atoms with Crippen LogP contribution in [0.4, 0.5) is 0 Å². The lowest BCUT2D eigenvalue weighted by molar-refractivity contribution is 0.0202. The van der Waals surface area contributed by atoms with Gasteiger partial charge in [0.1, 0.15) is 5.75 Å². The summed E-state index contributed by atoms with van der Waals surface area (Å²) in [5.74, 6) is 0.849. The summed E-state index contributed by atoms with van der Waals surface area (Å²) in [4.78, 5) is 0. The normalized spacial score (nSPS) is 17.0. The minimum atomic E-state index is -0.771. The molecule has 0 amide bonds. The second-order valence-electron chi connectivity index (χ2n) is 6.15. The second kappa shape index (κ2) is 7.79. The topological polar surface area (TPSA) is 73.4 Å². The molecule has 0 bridgehead atoms. The molecular formula is C18H26N4O2. The minimum absolute atomic E-state index is 0.652. The lowest BCUT2D eigenvalue weighted by atomic mass is 10.1. The van der Waals surface area contributed by atoms with Crippen molar-refractivity contribution in [2.45, 2.75) is 39.3 Å². The zero-order valence-corrected chi connectivity index (χ0v) is 14.4. The highest BCUT2D eigenvalue weighted by Gasteiger charge is 2.20. The molecule has 24 heavy (non-hydrogen) atoms. The number of aliphatic hydroxyl groups is 1. The fourth-order valence-corrected chi connectivity index (χ4v) is 3.09. The zero-order valence-electron chi connectivity index (χ0n) is 14.4. The summed E-state index contributed by atoms with van der Waals surface area (Å²) in [6.07, 6.45) is 2.82. The first-order chi connectivity index (χ1) is 11.7. The SMILES string of the molecule is CCOc1ccc(-c2n[nH]c(C(O)NN3CCCCC3)c2C)cc1. The van der Waals surface area contributed by atoms with Crippen LogP contribution >= 0.6 is 0 Å². The van der Waals surface area contributed by atoms with Crippen LogP contribution in [-0.4, -0.2) is 40.0 Å². The molecule has 3 rings (SSSR count). The Balaban J connectivity index is 1.72. The summed E-state index contributed by atoms with van der Waals surface area (Å²) >= 11 is 0. The van der Waals surface area contributed by atoms with Crippen molar-refractivity contribution in [3.05, 3.63) is 35.5 Å². The molecule has 6 nitrogen and oxygen atoms in total. The van der Waals surface area contributed by atoms with Gasteiger partial charge < -0.3 is 9.84 Å². The van der Waals surface area contributed by atoms with Gasteiger partial charge in [0.05, 0.1) is 18.0 Å². The molecule has 3 N–H and O–H groups in total. The molecule has 1 saturated heterocycles. The predicted molar refractivity (Wildman–Crippen MR) is 93.4 cm³/mol. The maximum atomic E-state index is 10.5. The van der Waals surface area contributed by atoms with E-state index in [0.29, 0.717) is 12.3 Å². The first-order valence-electron chi connectivity index (χ1n) is 8.66. The minimum Gasteiger partial charge on any atom is -0.494 e. The number of nitrogens with one attached hydrogen (secondary N) is 2. The third-order valence-corrected chi connectivity index (χ3v) is 4.42. The van der Waals surface area contributed by atoms with Gasteiger partial charge in [0.2, 0.25) is 0 Å². The molecule has 2 aromatic rings. The van der Waals surface area contributed by atoms with Gasteiger partial charge in [-0.15, -0.1) is 0 Å². The third-order valence-electron chi connectivity index (χ3n) is 4.42. The van der Waals surface area contributed by atoms with Crippen LogP contribution in [-0.2, 0) is 0 Å². The fourth-order valence-electron chi connectivity index (χ4n) is 3.09. The lowest BCUT2D eigenvalue weighted by Crippen LogP contribution is -2.43. The molecule has 1 fully saturated rings. The van der Waals surface area contributed by atoms with Crippen molar-refractivity contribution in [2.75, 3.05) is 19.7 Å². The van der Waals surface area contributed by atoms with Crippen LogP contribution in [0.2, 0.25) is 0 Å². The number of H-pyrrole nitrogens is 1. The van der Waals surface area contributed by atoms with E-state index in [1.54, 1.807) is 0 Å². The Morgan fingerprint density at radius 2 is 1.96 bits per heavy atom. The molecule has 2 heterocycles. The number of aliphatic hydroxyl groups excluding tert-OH is 1. The first-order valence-corrected chi connectivity index (χ1v) is 8.66. The first kappa shape index (κ1) is 17.0. The van der Waals surface area contributed by atoms with Gasteiger partial charge >= 0.3 is 0 Å². The van der Waals surface area contributed by atoms with E-state index in [-0.39, 0.29) is 0 Å². The largest absolute Gasteiger partial charge is 0.494 e. The van der Waals surface area contributed by atoms with Gasteiger partial charge in [0, 0.05) is 24.2 Å². The molecule has 0 spiro atoms. The summed E-state index contributed by atoms with van der Waals surface area (Å²) in [7, 11) is 0. The highest BCUT2D eigenvalue weighted by atomic mass is 16.5. The van der Waals surface area contributed by atoms with Crippen molar-refractivity contribution < 1.29 is 9.84 Å². The summed E-state index contributed by atoms with van der Waals surface area (Å²) in [5.41, 5.74) is 6.69. The molecule has 1 aliphatic rings. The highest BCUT2D eigenvalue weighted by Crippen LogP contribution is 2.27. The van der Waals surface area contributed by atoms with Crippen LogP contribution in [0.3, 0.4) is 0 Å². The van der Waals surface area contributed by atoms with Gasteiger partial charge in [-0.3, -0.25) is 5.10 Å². The summed E-state index contributed by atoms with van der Waals surface area (Å²) in [6.45, 7) is 6.53. The molecule has 1 aromatic heterocycles. The number of nitrogens with zero attached hydrogens (tertiary/aromatic N) is 2. The van der Waals surface area contributed by atoms with Crippen molar-refractivity contribution in [2.24, 2.45) is 0 Å². The molecular weight excluding hydrogens is 304 g/mol. The smallest absolute Gasteiger partial charge is 0.160 e. The Morgan fingerprint density at radius 1 is 1.25 bits per heavy atom. The lowest BCUT2D eigenvalue weighted by Gasteiger charge is -2.29. The Morgan fingerprint density at radius 3 is 2.62 bits per heavy atom. The molecule has 6 heteroatoms. The van der Waals surface area contributed by atoms with Gasteiger partial charge in [-0.2, -0.15) is 5.10 Å². The van der Waals surface area contributed by atoms with Gasteiger partial charge in [-0.25, -0.2) is 10.4 Å². The number of aromatic nitrogens is 2. The number of hydrogen-bond acceptors (Lipinski definition) is 5. The van der Waals surface area contributed by atoms with Crippen molar-refractivity contribution in [1.29, 1.82) is 0 Å². The van der Waals surface area contributed by atoms with Crippen LogP contribution in [0.1, 0.15) is 43.7 Å². The molecule has 0 aliphatic carbocycles. The van der Waals surface area contributed by atoms with Crippen molar-refractivity contribution in [3.63, 3.8) is 0 Å². The highest BCUT2D eigenvalue weighted by molar-refractivity contribution is 5.64. The zero-order chi connectivity index (χ0) is 16.9. The van der Waals surface area contributed by atoms with Crippen LogP contribution in [0, 0.1) is 6.92 Å². The summed E-state index contributed by atoms with van der Waals surface area (Å²) < 4.78 is 5.47. The maximum Gasteiger partial charge on any atom is 0.160 e. The number of piperidine rings is 1. The van der Waals surface area contributed by atoms with E-state index < -0.39 is 6.23 Å². The standard InChI is InChI=1S/C18H26N4O2/c1-3-24-15-9-7-14(8-10-15)16-13(2)17(20-19-16)18(23)21-22-11-5-4-6-12-22/h7-10,18,21,23H,3-6,11-12H2,1-2H3,(H,19,20). The maximum absolute atomic E-state index is 10.5. The monoisotopic (exact) mass is 330 g/mol. The number of ether oxygens (including phenoxy) is 1. The summed E-state index contributed by atoms with van der Waals surface area (Å²) in [6, 6.07) is 7.86. The van der Waals surface area contributed by atoms with E-state index >= 15 is 0 Å². The molecule has 1 aromatic carbocycles. The number of aromatic amines is 1. The van der Waals surface area contributed by atoms with Crippen molar-refractivity contribution >= 4 is 0 Å². The van der Waals surface area contributed by atoms with Crippen LogP contribution in [0.25, 0.3) is 11.3 Å². The van der Waals surface area contributed by atoms with E-state index in [2.05, 4.69) is 20.6 Å². The quantitative estimate of drug-likeness (QED) is 0.710. The number of rotatable bonds is 6. The third kappa shape index (κ3) is 3.77. The second-order valence-corrected chi connectivity index (χ2v) is 6.15. The molecule has 0 radical (unpaired) electrons. The molecule has 1 atom stereocenters. The molecule has 0 saturated carbocycles. The van der Waals surface area contributed by atoms with Crippen molar-refractivity contribution in [1.82, 2.24) is 20.6 Å². The number of hydrogen-bond donors (Lipinski definition) is 3. The summed E-state index contributed by atoms with van der Waals surface area (Å²) in [5, 5.41) is 19.9. The van der Waals surface area contributed by atoms with Gasteiger partial charge in [0.25, 0.3) is 0 Å². The van der Waals surface area contributed by atoms with E-state index in [0.717, 1.165) is 35.7 Å². The number of hydrazine groups is 1. The average molecular weight is 330 g/mol. The van der Waals surface area contributed by atoms with E-state index in [9.17, 15) is 5.11 Å². The Kier molecular flexibility index (Phi) is 5.50. The van der Waals surface area contributed by atoms with Crippen LogP contribution in [0.15, 0.2) is 24.3 Å². The van der Waals surface area contributed by atoms with Gasteiger partial charge in [0.15, 0.2) is 6.23 Å². The van der Waals surface area contributed by atoms with Crippen LogP contribution < -0.4 is 10.2 Å². The van der Waals surface area contributed by atoms with Crippen molar-refractivity contribution in [3.8, 4) is 17.0 Å². The van der Waals surface area contributed by atoms with Gasteiger partial charge in [-0.05, 0) is 51.0 Å². The Hall–Kier alpha value is -1.89. The molecule has 130 valence electrons. The van der Waals surface area contributed by atoms with Gasteiger partial charge in [-0.1, -0.05) is 6.42 Å². The van der Waals surface area contributed by atoms with E-state index in [1.165, 1.54) is 19.3 Å². The average Bonchev–Trinajstić information content (AvgIpc) is 2.98. The Labute approximate surface area is 142 Å².